The Hall–Kier alpha value is -1.75. The molecule has 0 N–H and O–H groups in total. The Kier molecular flexibility index (Phi) is 6.47. The van der Waals surface area contributed by atoms with Gasteiger partial charge in [0.2, 0.25) is 0 Å². The standard InChI is InChI=1S/C19H24BrN3O4SSi/c1-12-18(20)14-8-16(26-2)13(9-17(14)28-12)19-15(23(24)25)10-21-22(19)11-27-6-7-29(3,4)5/h8-10H,6-7,11H2,1-5H3. The zero-order valence-corrected chi connectivity index (χ0v) is 20.5. The molecule has 0 aliphatic heterocycles. The number of ether oxygens (including phenoxy) is 2. The van der Waals surface area contributed by atoms with Gasteiger partial charge in [-0.3, -0.25) is 10.1 Å². The molecule has 10 heteroatoms. The van der Waals surface area contributed by atoms with Gasteiger partial charge < -0.3 is 9.47 Å². The molecule has 29 heavy (non-hydrogen) atoms. The van der Waals surface area contributed by atoms with E-state index < -0.39 is 13.0 Å². The summed E-state index contributed by atoms with van der Waals surface area (Å²) in [5.41, 5.74) is 0.958. The Morgan fingerprint density at radius 2 is 2.07 bits per heavy atom. The minimum absolute atomic E-state index is 0.0659. The van der Waals surface area contributed by atoms with E-state index in [1.807, 2.05) is 19.1 Å². The maximum Gasteiger partial charge on any atom is 0.315 e. The molecule has 0 unspecified atom stereocenters. The number of hydrogen-bond donors (Lipinski definition) is 0. The monoisotopic (exact) mass is 497 g/mol. The number of hydrogen-bond acceptors (Lipinski definition) is 6. The first-order chi connectivity index (χ1) is 13.6. The van der Waals surface area contributed by atoms with Gasteiger partial charge in [0.1, 0.15) is 18.7 Å². The van der Waals surface area contributed by atoms with Gasteiger partial charge >= 0.3 is 5.69 Å². The highest BCUT2D eigenvalue weighted by Gasteiger charge is 2.26. The zero-order chi connectivity index (χ0) is 21.3. The molecule has 0 bridgehead atoms. The number of fused-ring (bicyclic) bond motifs is 1. The van der Waals surface area contributed by atoms with Gasteiger partial charge in [-0.05, 0) is 41.0 Å². The quantitative estimate of drug-likeness (QED) is 0.163. The molecule has 0 spiro atoms. The van der Waals surface area contributed by atoms with Crippen molar-refractivity contribution in [3.05, 3.63) is 37.8 Å². The van der Waals surface area contributed by atoms with Crippen molar-refractivity contribution in [3.63, 3.8) is 0 Å². The highest BCUT2D eigenvalue weighted by atomic mass is 79.9. The fraction of sp³-hybridized carbons (Fsp3) is 0.421. The van der Waals surface area contributed by atoms with Gasteiger partial charge in [0.25, 0.3) is 0 Å². The van der Waals surface area contributed by atoms with E-state index >= 15 is 0 Å². The van der Waals surface area contributed by atoms with Gasteiger partial charge in [0, 0.05) is 34.1 Å². The Morgan fingerprint density at radius 3 is 2.69 bits per heavy atom. The lowest BCUT2D eigenvalue weighted by molar-refractivity contribution is -0.384. The molecule has 0 saturated heterocycles. The molecule has 2 aromatic heterocycles. The first-order valence-electron chi connectivity index (χ1n) is 9.17. The number of nitro groups is 1. The number of nitrogens with zero attached hydrogens (tertiary/aromatic N) is 3. The van der Waals surface area contributed by atoms with Crippen LogP contribution in [0.25, 0.3) is 21.3 Å². The van der Waals surface area contributed by atoms with Crippen molar-refractivity contribution in [1.82, 2.24) is 9.78 Å². The van der Waals surface area contributed by atoms with Crippen LogP contribution in [-0.4, -0.2) is 36.5 Å². The van der Waals surface area contributed by atoms with Gasteiger partial charge in [0.05, 0.1) is 17.6 Å². The molecular weight excluding hydrogens is 474 g/mol. The lowest BCUT2D eigenvalue weighted by Gasteiger charge is -2.16. The normalized spacial score (nSPS) is 11.9. The van der Waals surface area contributed by atoms with Crippen molar-refractivity contribution in [2.75, 3.05) is 13.7 Å². The maximum absolute atomic E-state index is 11.7. The van der Waals surface area contributed by atoms with Crippen LogP contribution >= 0.6 is 27.3 Å². The van der Waals surface area contributed by atoms with Crippen LogP contribution in [0.1, 0.15) is 4.88 Å². The summed E-state index contributed by atoms with van der Waals surface area (Å²) in [5.74, 6) is 0.558. The fourth-order valence-corrected chi connectivity index (χ4v) is 5.42. The third-order valence-corrected chi connectivity index (χ3v) is 8.65. The number of halogens is 1. The maximum atomic E-state index is 11.7. The smallest absolute Gasteiger partial charge is 0.315 e. The molecule has 7 nitrogen and oxygen atoms in total. The van der Waals surface area contributed by atoms with E-state index in [0.29, 0.717) is 23.6 Å². The first-order valence-corrected chi connectivity index (χ1v) is 14.5. The predicted molar refractivity (Wildman–Crippen MR) is 123 cm³/mol. The second-order valence-electron chi connectivity index (χ2n) is 8.00. The van der Waals surface area contributed by atoms with Crippen LogP contribution < -0.4 is 4.74 Å². The fourth-order valence-electron chi connectivity index (χ4n) is 2.98. The van der Waals surface area contributed by atoms with Crippen LogP contribution in [0.3, 0.4) is 0 Å². The van der Waals surface area contributed by atoms with Gasteiger partial charge in [0.15, 0.2) is 5.69 Å². The van der Waals surface area contributed by atoms with Gasteiger partial charge in [-0.1, -0.05) is 19.6 Å². The van der Waals surface area contributed by atoms with Crippen LogP contribution in [0.15, 0.2) is 22.8 Å². The molecule has 156 valence electrons. The van der Waals surface area contributed by atoms with E-state index in [9.17, 15) is 10.1 Å². The van der Waals surface area contributed by atoms with Gasteiger partial charge in [-0.25, -0.2) is 4.68 Å². The van der Waals surface area contributed by atoms with Crippen molar-refractivity contribution in [2.45, 2.75) is 39.3 Å². The Bertz CT molecular complexity index is 1060. The van der Waals surface area contributed by atoms with E-state index in [4.69, 9.17) is 9.47 Å². The van der Waals surface area contributed by atoms with E-state index in [2.05, 4.69) is 40.7 Å². The topological polar surface area (TPSA) is 79.4 Å². The molecule has 0 amide bonds. The summed E-state index contributed by atoms with van der Waals surface area (Å²) in [6.45, 7) is 9.63. The van der Waals surface area contributed by atoms with E-state index in [0.717, 1.165) is 25.5 Å². The summed E-state index contributed by atoms with van der Waals surface area (Å²) in [7, 11) is 0.344. The average molecular weight is 498 g/mol. The summed E-state index contributed by atoms with van der Waals surface area (Å²) in [6, 6.07) is 4.86. The van der Waals surface area contributed by atoms with Gasteiger partial charge in [-0.15, -0.1) is 11.3 Å². The van der Waals surface area contributed by atoms with Gasteiger partial charge in [-0.2, -0.15) is 5.10 Å². The molecular formula is C19H24BrN3O4SSi. The second-order valence-corrected chi connectivity index (χ2v) is 15.7. The molecule has 0 aliphatic rings. The Balaban J connectivity index is 2.04. The lowest BCUT2D eigenvalue weighted by atomic mass is 10.1. The SMILES string of the molecule is COc1cc2c(Br)c(C)sc2cc1-c1c([N+](=O)[O-])cnn1COCC[Si](C)(C)C. The Labute approximate surface area is 182 Å². The van der Waals surface area contributed by atoms with Crippen molar-refractivity contribution in [1.29, 1.82) is 0 Å². The van der Waals surface area contributed by atoms with Crippen molar-refractivity contribution < 1.29 is 14.4 Å². The lowest BCUT2D eigenvalue weighted by Crippen LogP contribution is -2.22. The summed E-state index contributed by atoms with van der Waals surface area (Å²) >= 11 is 5.24. The highest BCUT2D eigenvalue weighted by Crippen LogP contribution is 2.43. The first kappa shape index (κ1) is 21.9. The summed E-state index contributed by atoms with van der Waals surface area (Å²) in [4.78, 5) is 12.4. The number of methoxy groups -OCH3 is 1. The second kappa shape index (κ2) is 8.55. The third kappa shape index (κ3) is 4.71. The van der Waals surface area contributed by atoms with Crippen LogP contribution in [0.4, 0.5) is 5.69 Å². The van der Waals surface area contributed by atoms with Crippen LogP contribution in [0.2, 0.25) is 25.7 Å². The summed E-state index contributed by atoms with van der Waals surface area (Å²) < 4.78 is 15.0. The Morgan fingerprint density at radius 1 is 1.34 bits per heavy atom. The van der Waals surface area contributed by atoms with Crippen molar-refractivity contribution in [2.24, 2.45) is 0 Å². The van der Waals surface area contributed by atoms with Crippen molar-refractivity contribution >= 4 is 51.1 Å². The summed E-state index contributed by atoms with van der Waals surface area (Å²) in [6.07, 6.45) is 1.27. The molecule has 0 aliphatic carbocycles. The molecule has 2 heterocycles. The number of thiophene rings is 1. The molecule has 3 rings (SSSR count). The van der Waals surface area contributed by atoms with E-state index in [1.165, 1.54) is 6.20 Å². The largest absolute Gasteiger partial charge is 0.496 e. The molecule has 0 saturated carbocycles. The van der Waals surface area contributed by atoms with E-state index in [-0.39, 0.29) is 12.4 Å². The molecule has 0 fully saturated rings. The third-order valence-electron chi connectivity index (χ3n) is 4.59. The highest BCUT2D eigenvalue weighted by molar-refractivity contribution is 9.10. The number of aromatic nitrogens is 2. The number of aryl methyl sites for hydroxylation is 1. The average Bonchev–Trinajstić information content (AvgIpc) is 3.18. The van der Waals surface area contributed by atoms with Crippen LogP contribution in [-0.2, 0) is 11.5 Å². The number of benzene rings is 1. The molecule has 0 atom stereocenters. The van der Waals surface area contributed by atoms with Crippen LogP contribution in [0.5, 0.6) is 5.75 Å². The molecule has 3 aromatic rings. The zero-order valence-electron chi connectivity index (χ0n) is 17.1. The minimum Gasteiger partial charge on any atom is -0.496 e. The summed E-state index contributed by atoms with van der Waals surface area (Å²) in [5, 5.41) is 16.9. The predicted octanol–water partition coefficient (Wildman–Crippen LogP) is 6.06. The van der Waals surface area contributed by atoms with Crippen LogP contribution in [0, 0.1) is 17.0 Å². The molecule has 1 aromatic carbocycles. The van der Waals surface area contributed by atoms with Crippen molar-refractivity contribution in [3.8, 4) is 17.0 Å². The minimum atomic E-state index is -1.22. The number of rotatable bonds is 8. The van der Waals surface area contributed by atoms with E-state index in [1.54, 1.807) is 23.1 Å². The molecule has 0 radical (unpaired) electrons.